The van der Waals surface area contributed by atoms with E-state index >= 15 is 0 Å². The van der Waals surface area contributed by atoms with Crippen LogP contribution in [-0.2, 0) is 10.0 Å². The Bertz CT molecular complexity index is 717. The first kappa shape index (κ1) is 20.2. The number of benzene rings is 1. The van der Waals surface area contributed by atoms with E-state index < -0.39 is 10.0 Å². The number of sulfonamides is 1. The molecule has 0 spiro atoms. The molecule has 0 aliphatic heterocycles. The summed E-state index contributed by atoms with van der Waals surface area (Å²) < 4.78 is 26.8. The van der Waals surface area contributed by atoms with Crippen LogP contribution in [0.1, 0.15) is 56.8 Å². The van der Waals surface area contributed by atoms with E-state index in [9.17, 15) is 13.2 Å². The van der Waals surface area contributed by atoms with E-state index in [4.69, 9.17) is 11.6 Å². The molecule has 2 atom stereocenters. The molecule has 140 valence electrons. The molecule has 1 aliphatic rings. The van der Waals surface area contributed by atoms with Crippen LogP contribution in [0.3, 0.4) is 0 Å². The fraction of sp³-hybridized carbons (Fsp3) is 0.611. The first-order chi connectivity index (χ1) is 11.8. The summed E-state index contributed by atoms with van der Waals surface area (Å²) in [6, 6.07) is 4.59. The maximum atomic E-state index is 12.7. The van der Waals surface area contributed by atoms with Gasteiger partial charge in [-0.25, -0.2) is 8.42 Å². The van der Waals surface area contributed by atoms with E-state index in [2.05, 4.69) is 12.2 Å². The average molecular weight is 387 g/mol. The van der Waals surface area contributed by atoms with Gasteiger partial charge in [-0.2, -0.15) is 4.31 Å². The van der Waals surface area contributed by atoms with Crippen molar-refractivity contribution in [1.82, 2.24) is 9.62 Å². The van der Waals surface area contributed by atoms with Crippen LogP contribution in [0.25, 0.3) is 0 Å². The molecule has 1 fully saturated rings. The number of hydrogen-bond acceptors (Lipinski definition) is 3. The van der Waals surface area contributed by atoms with Crippen molar-refractivity contribution in [3.8, 4) is 0 Å². The van der Waals surface area contributed by atoms with E-state index in [1.54, 1.807) is 19.9 Å². The van der Waals surface area contributed by atoms with Crippen LogP contribution < -0.4 is 5.32 Å². The summed E-state index contributed by atoms with van der Waals surface area (Å²) in [4.78, 5) is 12.6. The first-order valence-corrected chi connectivity index (χ1v) is 10.7. The zero-order valence-electron chi connectivity index (χ0n) is 15.1. The number of carbonyl (C=O) groups is 1. The Kier molecular flexibility index (Phi) is 6.88. The molecule has 0 heterocycles. The van der Waals surface area contributed by atoms with Gasteiger partial charge < -0.3 is 5.32 Å². The van der Waals surface area contributed by atoms with Crippen molar-refractivity contribution in [2.45, 2.75) is 57.4 Å². The Hall–Kier alpha value is -1.11. The lowest BCUT2D eigenvalue weighted by atomic mass is 9.86. The van der Waals surface area contributed by atoms with Gasteiger partial charge in [-0.1, -0.05) is 45.2 Å². The first-order valence-electron chi connectivity index (χ1n) is 8.91. The molecule has 1 aromatic carbocycles. The maximum Gasteiger partial charge on any atom is 0.251 e. The van der Waals surface area contributed by atoms with Crippen molar-refractivity contribution in [2.75, 3.05) is 13.1 Å². The highest BCUT2D eigenvalue weighted by Gasteiger charge is 2.27. The molecule has 1 N–H and O–H groups in total. The van der Waals surface area contributed by atoms with Crippen LogP contribution >= 0.6 is 11.6 Å². The number of halogens is 1. The number of rotatable bonds is 6. The van der Waals surface area contributed by atoms with E-state index in [-0.39, 0.29) is 21.9 Å². The molecule has 1 amide bonds. The van der Waals surface area contributed by atoms with Gasteiger partial charge in [-0.3, -0.25) is 4.79 Å². The number of amides is 1. The van der Waals surface area contributed by atoms with Gasteiger partial charge in [0.05, 0.1) is 5.02 Å². The lowest BCUT2D eigenvalue weighted by Crippen LogP contribution is -2.41. The molecule has 2 rings (SSSR count). The molecule has 1 aromatic rings. The van der Waals surface area contributed by atoms with Crippen molar-refractivity contribution in [3.63, 3.8) is 0 Å². The number of carbonyl (C=O) groups excluding carboxylic acids is 1. The second-order valence-electron chi connectivity index (χ2n) is 6.58. The third kappa shape index (κ3) is 4.54. The standard InChI is InChI=1S/C18H27ClN2O3S/c1-4-21(5-2)25(23,24)17-12-14(10-11-15(17)19)18(22)20-16-9-7-6-8-13(16)3/h10-13,16H,4-9H2,1-3H3,(H,20,22)/t13-,16+/m1/s1. The molecule has 0 saturated heterocycles. The molecule has 0 unspecified atom stereocenters. The summed E-state index contributed by atoms with van der Waals surface area (Å²) >= 11 is 6.12. The molecule has 5 nitrogen and oxygen atoms in total. The zero-order chi connectivity index (χ0) is 18.6. The summed E-state index contributed by atoms with van der Waals surface area (Å²) in [6.07, 6.45) is 4.37. The molecule has 0 aromatic heterocycles. The van der Waals surface area contributed by atoms with Crippen LogP contribution in [0.5, 0.6) is 0 Å². The summed E-state index contributed by atoms with van der Waals surface area (Å²) in [5, 5.41) is 3.18. The predicted molar refractivity (Wildman–Crippen MR) is 100 cm³/mol. The molecule has 0 radical (unpaired) electrons. The smallest absolute Gasteiger partial charge is 0.251 e. The lowest BCUT2D eigenvalue weighted by Gasteiger charge is -2.29. The van der Waals surface area contributed by atoms with Crippen LogP contribution in [0.2, 0.25) is 5.02 Å². The largest absolute Gasteiger partial charge is 0.349 e. The van der Waals surface area contributed by atoms with E-state index in [0.29, 0.717) is 24.6 Å². The predicted octanol–water partition coefficient (Wildman–Crippen LogP) is 3.68. The minimum Gasteiger partial charge on any atom is -0.349 e. The Morgan fingerprint density at radius 1 is 1.24 bits per heavy atom. The van der Waals surface area contributed by atoms with Gasteiger partial charge in [0.1, 0.15) is 4.90 Å². The highest BCUT2D eigenvalue weighted by molar-refractivity contribution is 7.89. The summed E-state index contributed by atoms with van der Waals surface area (Å²) in [7, 11) is -3.71. The topological polar surface area (TPSA) is 66.5 Å². The lowest BCUT2D eigenvalue weighted by molar-refractivity contribution is 0.0910. The molecule has 0 bridgehead atoms. The van der Waals surface area contributed by atoms with Crippen molar-refractivity contribution >= 4 is 27.5 Å². The van der Waals surface area contributed by atoms with Gasteiger partial charge in [0.25, 0.3) is 5.91 Å². The van der Waals surface area contributed by atoms with Gasteiger partial charge in [-0.15, -0.1) is 0 Å². The van der Waals surface area contributed by atoms with Gasteiger partial charge >= 0.3 is 0 Å². The van der Waals surface area contributed by atoms with Crippen LogP contribution in [-0.4, -0.2) is 37.8 Å². The number of hydrogen-bond donors (Lipinski definition) is 1. The maximum absolute atomic E-state index is 12.7. The fourth-order valence-electron chi connectivity index (χ4n) is 3.33. The third-order valence-corrected chi connectivity index (χ3v) is 7.48. The van der Waals surface area contributed by atoms with Gasteiger partial charge in [-0.05, 0) is 37.0 Å². The van der Waals surface area contributed by atoms with Crippen molar-refractivity contribution < 1.29 is 13.2 Å². The third-order valence-electron chi connectivity index (χ3n) is 4.94. The average Bonchev–Trinajstić information content (AvgIpc) is 2.58. The van der Waals surface area contributed by atoms with Crippen molar-refractivity contribution in [1.29, 1.82) is 0 Å². The zero-order valence-corrected chi connectivity index (χ0v) is 16.7. The molecule has 25 heavy (non-hydrogen) atoms. The molecular weight excluding hydrogens is 360 g/mol. The Morgan fingerprint density at radius 2 is 1.88 bits per heavy atom. The van der Waals surface area contributed by atoms with Gasteiger partial charge in [0, 0.05) is 24.7 Å². The summed E-state index contributed by atoms with van der Waals surface area (Å²) in [5.41, 5.74) is 0.327. The van der Waals surface area contributed by atoms with Crippen molar-refractivity contribution in [3.05, 3.63) is 28.8 Å². The quantitative estimate of drug-likeness (QED) is 0.810. The Balaban J connectivity index is 2.27. The van der Waals surface area contributed by atoms with Crippen LogP contribution in [0.4, 0.5) is 0 Å². The van der Waals surface area contributed by atoms with Crippen LogP contribution in [0.15, 0.2) is 23.1 Å². The minimum absolute atomic E-state index is 0.0118. The summed E-state index contributed by atoms with van der Waals surface area (Å²) in [5.74, 6) is 0.190. The SMILES string of the molecule is CCN(CC)S(=O)(=O)c1cc(C(=O)N[C@H]2CCCC[C@H]2C)ccc1Cl. The molecule has 7 heteroatoms. The highest BCUT2D eigenvalue weighted by atomic mass is 35.5. The minimum atomic E-state index is -3.71. The second kappa shape index (κ2) is 8.52. The molecule has 1 saturated carbocycles. The number of nitrogens with zero attached hydrogens (tertiary/aromatic N) is 1. The van der Waals surface area contributed by atoms with Crippen LogP contribution in [0, 0.1) is 5.92 Å². The number of nitrogens with one attached hydrogen (secondary N) is 1. The second-order valence-corrected chi connectivity index (χ2v) is 8.89. The van der Waals surface area contributed by atoms with E-state index in [0.717, 1.165) is 19.3 Å². The normalized spacial score (nSPS) is 21.3. The van der Waals surface area contributed by atoms with Gasteiger partial charge in [0.15, 0.2) is 0 Å². The van der Waals surface area contributed by atoms with E-state index in [1.165, 1.54) is 22.9 Å². The summed E-state index contributed by atoms with van der Waals surface area (Å²) in [6.45, 7) is 6.39. The van der Waals surface area contributed by atoms with Crippen molar-refractivity contribution in [2.24, 2.45) is 5.92 Å². The van der Waals surface area contributed by atoms with Gasteiger partial charge in [0.2, 0.25) is 10.0 Å². The molecule has 1 aliphatic carbocycles. The Labute approximate surface area is 155 Å². The highest BCUT2D eigenvalue weighted by Crippen LogP contribution is 2.27. The fourth-order valence-corrected chi connectivity index (χ4v) is 5.29. The molecular formula is C18H27ClN2O3S. The van der Waals surface area contributed by atoms with E-state index in [1.807, 2.05) is 0 Å². The monoisotopic (exact) mass is 386 g/mol. The Morgan fingerprint density at radius 3 is 2.48 bits per heavy atom.